The van der Waals surface area contributed by atoms with Crippen LogP contribution in [0.25, 0.3) is 0 Å². The summed E-state index contributed by atoms with van der Waals surface area (Å²) in [4.78, 5) is 25.5. The number of carbonyl (C=O) groups is 2. The maximum Gasteiger partial charge on any atom is 0.332 e. The fourth-order valence-corrected chi connectivity index (χ4v) is 3.41. The van der Waals surface area contributed by atoms with Crippen LogP contribution >= 0.6 is 0 Å². The number of allylic oxidation sites excluding steroid dienone is 1. The molecular formula is C21H21NO3. The van der Waals surface area contributed by atoms with Gasteiger partial charge in [0.2, 0.25) is 0 Å². The number of methoxy groups -OCH3 is 1. The summed E-state index contributed by atoms with van der Waals surface area (Å²) in [6, 6.07) is 18.7. The number of rotatable bonds is 4. The lowest BCUT2D eigenvalue weighted by atomic mass is 9.72. The fraction of sp³-hybridized carbons (Fsp3) is 0.238. The van der Waals surface area contributed by atoms with E-state index in [0.29, 0.717) is 18.4 Å². The highest BCUT2D eigenvalue weighted by Gasteiger charge is 2.48. The van der Waals surface area contributed by atoms with Gasteiger partial charge in [-0.05, 0) is 30.5 Å². The summed E-state index contributed by atoms with van der Waals surface area (Å²) in [5.41, 5.74) is 0.412. The highest BCUT2D eigenvalue weighted by atomic mass is 16.5. The van der Waals surface area contributed by atoms with E-state index in [-0.39, 0.29) is 11.8 Å². The normalized spacial score (nSPS) is 22.2. The predicted molar refractivity (Wildman–Crippen MR) is 96.2 cm³/mol. The molecule has 1 aliphatic rings. The number of carbonyl (C=O) groups excluding carboxylic acids is 2. The second-order valence-electron chi connectivity index (χ2n) is 6.16. The molecule has 0 aliphatic heterocycles. The Morgan fingerprint density at radius 1 is 1.00 bits per heavy atom. The van der Waals surface area contributed by atoms with Crippen molar-refractivity contribution in [2.24, 2.45) is 0 Å². The molecule has 2 atom stereocenters. The Balaban J connectivity index is 2.01. The molecule has 3 rings (SSSR count). The third-order valence-electron chi connectivity index (χ3n) is 4.70. The number of ether oxygens (including phenoxy) is 1. The molecule has 0 unspecified atom stereocenters. The average Bonchev–Trinajstić information content (AvgIpc) is 2.69. The molecule has 0 aromatic heterocycles. The maximum atomic E-state index is 12.8. The van der Waals surface area contributed by atoms with E-state index in [1.807, 2.05) is 48.6 Å². The molecule has 0 saturated heterocycles. The lowest BCUT2D eigenvalue weighted by Crippen LogP contribution is -2.59. The van der Waals surface area contributed by atoms with Gasteiger partial charge in [-0.25, -0.2) is 4.79 Å². The van der Waals surface area contributed by atoms with Crippen molar-refractivity contribution in [3.05, 3.63) is 83.9 Å². The SMILES string of the molecule is COC(=O)[C@@]1(NC(=O)c2ccccc2)CC=CC[C@H]1c1ccccc1. The van der Waals surface area contributed by atoms with Gasteiger partial charge in [0.25, 0.3) is 5.91 Å². The van der Waals surface area contributed by atoms with Crippen molar-refractivity contribution in [2.45, 2.75) is 24.3 Å². The Morgan fingerprint density at radius 2 is 1.64 bits per heavy atom. The van der Waals surface area contributed by atoms with E-state index < -0.39 is 11.5 Å². The first kappa shape index (κ1) is 17.0. The van der Waals surface area contributed by atoms with E-state index in [1.165, 1.54) is 7.11 Å². The third-order valence-corrected chi connectivity index (χ3v) is 4.70. The standard InChI is InChI=1S/C21H21NO3/c1-25-20(24)21(22-19(23)17-12-6-3-7-13-17)15-9-8-14-18(21)16-10-4-2-5-11-16/h2-13,18H,14-15H2,1H3,(H,22,23)/t18-,21+/m0/s1. The Hall–Kier alpha value is -2.88. The zero-order chi connectivity index (χ0) is 17.7. The van der Waals surface area contributed by atoms with Crippen LogP contribution in [0.1, 0.15) is 34.7 Å². The van der Waals surface area contributed by atoms with Gasteiger partial charge in [0, 0.05) is 11.5 Å². The Labute approximate surface area is 147 Å². The topological polar surface area (TPSA) is 55.4 Å². The summed E-state index contributed by atoms with van der Waals surface area (Å²) >= 11 is 0. The minimum absolute atomic E-state index is 0.182. The van der Waals surface area contributed by atoms with E-state index in [1.54, 1.807) is 24.3 Å². The van der Waals surface area contributed by atoms with Crippen LogP contribution in [0.15, 0.2) is 72.8 Å². The number of hydrogen-bond donors (Lipinski definition) is 1. The summed E-state index contributed by atoms with van der Waals surface area (Å²) in [6.45, 7) is 0. The van der Waals surface area contributed by atoms with Gasteiger partial charge in [0.15, 0.2) is 0 Å². The van der Waals surface area contributed by atoms with Crippen molar-refractivity contribution in [3.63, 3.8) is 0 Å². The van der Waals surface area contributed by atoms with Crippen molar-refractivity contribution in [2.75, 3.05) is 7.11 Å². The molecule has 1 amide bonds. The molecule has 0 bridgehead atoms. The van der Waals surface area contributed by atoms with E-state index >= 15 is 0 Å². The predicted octanol–water partition coefficient (Wildman–Crippen LogP) is 3.46. The summed E-state index contributed by atoms with van der Waals surface area (Å²) in [6.07, 6.45) is 5.04. The minimum atomic E-state index is -1.11. The van der Waals surface area contributed by atoms with E-state index in [2.05, 4.69) is 5.32 Å². The zero-order valence-electron chi connectivity index (χ0n) is 14.1. The molecule has 1 aliphatic carbocycles. The van der Waals surface area contributed by atoms with Crippen LogP contribution < -0.4 is 5.32 Å². The molecule has 25 heavy (non-hydrogen) atoms. The molecule has 0 saturated carbocycles. The van der Waals surface area contributed by atoms with E-state index in [0.717, 1.165) is 5.56 Å². The lowest BCUT2D eigenvalue weighted by Gasteiger charge is -2.40. The summed E-state index contributed by atoms with van der Waals surface area (Å²) in [7, 11) is 1.36. The molecule has 0 fully saturated rings. The summed E-state index contributed by atoms with van der Waals surface area (Å²) < 4.78 is 5.09. The first-order valence-corrected chi connectivity index (χ1v) is 8.33. The Morgan fingerprint density at radius 3 is 2.28 bits per heavy atom. The fourth-order valence-electron chi connectivity index (χ4n) is 3.41. The zero-order valence-corrected chi connectivity index (χ0v) is 14.1. The van der Waals surface area contributed by atoms with Crippen molar-refractivity contribution >= 4 is 11.9 Å². The van der Waals surface area contributed by atoms with Crippen LogP contribution in [0.3, 0.4) is 0 Å². The molecule has 2 aromatic carbocycles. The molecule has 2 aromatic rings. The number of hydrogen-bond acceptors (Lipinski definition) is 3. The molecule has 4 nitrogen and oxygen atoms in total. The molecule has 0 spiro atoms. The summed E-state index contributed by atoms with van der Waals surface area (Å²) in [5.74, 6) is -0.879. The third kappa shape index (κ3) is 3.33. The summed E-state index contributed by atoms with van der Waals surface area (Å²) in [5, 5.41) is 2.98. The second-order valence-corrected chi connectivity index (χ2v) is 6.16. The van der Waals surface area contributed by atoms with Crippen LogP contribution in [-0.2, 0) is 9.53 Å². The molecule has 1 N–H and O–H groups in total. The first-order chi connectivity index (χ1) is 12.2. The van der Waals surface area contributed by atoms with Crippen molar-refractivity contribution < 1.29 is 14.3 Å². The van der Waals surface area contributed by atoms with Crippen LogP contribution in [0.2, 0.25) is 0 Å². The number of benzene rings is 2. The van der Waals surface area contributed by atoms with Crippen molar-refractivity contribution in [3.8, 4) is 0 Å². The van der Waals surface area contributed by atoms with Crippen molar-refractivity contribution in [1.29, 1.82) is 0 Å². The molecule has 4 heteroatoms. The Bertz CT molecular complexity index is 770. The largest absolute Gasteiger partial charge is 0.467 e. The van der Waals surface area contributed by atoms with Crippen LogP contribution in [0.5, 0.6) is 0 Å². The monoisotopic (exact) mass is 335 g/mol. The molecule has 0 radical (unpaired) electrons. The highest BCUT2D eigenvalue weighted by molar-refractivity contribution is 5.98. The number of nitrogens with one attached hydrogen (secondary N) is 1. The quantitative estimate of drug-likeness (QED) is 0.688. The number of amides is 1. The van der Waals surface area contributed by atoms with Gasteiger partial charge in [-0.3, -0.25) is 4.79 Å². The maximum absolute atomic E-state index is 12.8. The molecule has 0 heterocycles. The Kier molecular flexibility index (Phi) is 4.98. The van der Waals surface area contributed by atoms with Crippen molar-refractivity contribution in [1.82, 2.24) is 5.32 Å². The van der Waals surface area contributed by atoms with E-state index in [9.17, 15) is 9.59 Å². The smallest absolute Gasteiger partial charge is 0.332 e. The van der Waals surface area contributed by atoms with Crippen LogP contribution in [-0.4, -0.2) is 24.5 Å². The van der Waals surface area contributed by atoms with E-state index in [4.69, 9.17) is 4.74 Å². The second kappa shape index (κ2) is 7.34. The number of esters is 1. The average molecular weight is 335 g/mol. The van der Waals surface area contributed by atoms with Gasteiger partial charge in [-0.15, -0.1) is 0 Å². The van der Waals surface area contributed by atoms with Gasteiger partial charge in [-0.1, -0.05) is 60.7 Å². The van der Waals surface area contributed by atoms with Crippen LogP contribution in [0.4, 0.5) is 0 Å². The van der Waals surface area contributed by atoms with Gasteiger partial charge in [0.05, 0.1) is 7.11 Å². The minimum Gasteiger partial charge on any atom is -0.467 e. The first-order valence-electron chi connectivity index (χ1n) is 8.33. The van der Waals surface area contributed by atoms with Gasteiger partial charge < -0.3 is 10.1 Å². The highest BCUT2D eigenvalue weighted by Crippen LogP contribution is 2.39. The molecule has 128 valence electrons. The lowest BCUT2D eigenvalue weighted by molar-refractivity contribution is -0.149. The van der Waals surface area contributed by atoms with Gasteiger partial charge in [-0.2, -0.15) is 0 Å². The van der Waals surface area contributed by atoms with Gasteiger partial charge >= 0.3 is 5.97 Å². The van der Waals surface area contributed by atoms with Gasteiger partial charge in [0.1, 0.15) is 5.54 Å². The molecular weight excluding hydrogens is 314 g/mol. The van der Waals surface area contributed by atoms with Crippen LogP contribution in [0, 0.1) is 0 Å².